The molecule has 2 N–H and O–H groups in total. The molecule has 0 radical (unpaired) electrons. The van der Waals surface area contributed by atoms with Gasteiger partial charge >= 0.3 is 130 Å². The molecular formula is C16H18AsNO3. The first kappa shape index (κ1) is 15.6. The van der Waals surface area contributed by atoms with E-state index in [-0.39, 0.29) is 12.5 Å². The van der Waals surface area contributed by atoms with Crippen LogP contribution in [-0.4, -0.2) is 33.9 Å². The van der Waals surface area contributed by atoms with Crippen molar-refractivity contribution < 1.29 is 14.6 Å². The molecule has 0 aliphatic carbocycles. The van der Waals surface area contributed by atoms with Gasteiger partial charge < -0.3 is 0 Å². The van der Waals surface area contributed by atoms with Crippen LogP contribution in [0.2, 0.25) is 5.21 Å². The summed E-state index contributed by atoms with van der Waals surface area (Å²) in [5.41, 5.74) is 1.61. The van der Waals surface area contributed by atoms with Gasteiger partial charge in [-0.3, -0.25) is 0 Å². The van der Waals surface area contributed by atoms with E-state index in [4.69, 9.17) is 4.74 Å². The van der Waals surface area contributed by atoms with Crippen LogP contribution in [0.5, 0.6) is 5.75 Å². The van der Waals surface area contributed by atoms with Gasteiger partial charge in [0.2, 0.25) is 0 Å². The van der Waals surface area contributed by atoms with Gasteiger partial charge in [-0.05, 0) is 0 Å². The molecule has 21 heavy (non-hydrogen) atoms. The third kappa shape index (κ3) is 4.35. The number of aliphatic hydroxyl groups is 1. The topological polar surface area (TPSA) is 58.6 Å². The van der Waals surface area contributed by atoms with E-state index in [0.29, 0.717) is 16.6 Å². The molecule has 0 saturated carbocycles. The number of benzene rings is 2. The summed E-state index contributed by atoms with van der Waals surface area (Å²) in [6, 6.07) is 15.1. The molecule has 0 heterocycles. The van der Waals surface area contributed by atoms with Gasteiger partial charge in [0, 0.05) is 0 Å². The molecule has 0 aliphatic rings. The molecule has 0 spiro atoms. The fourth-order valence-corrected chi connectivity index (χ4v) is 4.14. The molecule has 0 aromatic heterocycles. The third-order valence-corrected chi connectivity index (χ3v) is 5.88. The van der Waals surface area contributed by atoms with Crippen LogP contribution in [-0.2, 0) is 11.4 Å². The number of methoxy groups -OCH3 is 1. The fourth-order valence-electron chi connectivity index (χ4n) is 1.95. The van der Waals surface area contributed by atoms with Crippen LogP contribution >= 0.6 is 0 Å². The van der Waals surface area contributed by atoms with Crippen molar-refractivity contribution in [3.8, 4) is 5.75 Å². The molecule has 2 aromatic carbocycles. The summed E-state index contributed by atoms with van der Waals surface area (Å²) >= 11 is -0.612. The van der Waals surface area contributed by atoms with Crippen molar-refractivity contribution in [2.45, 2.75) is 11.8 Å². The maximum atomic E-state index is 12.1. The number of hydrogen-bond donors (Lipinski definition) is 2. The summed E-state index contributed by atoms with van der Waals surface area (Å²) < 4.78 is 6.33. The molecule has 2 rings (SSSR count). The first-order valence-electron chi connectivity index (χ1n) is 6.60. The van der Waals surface area contributed by atoms with Gasteiger partial charge in [0.15, 0.2) is 0 Å². The number of anilines is 1. The van der Waals surface area contributed by atoms with E-state index in [9.17, 15) is 9.90 Å². The summed E-state index contributed by atoms with van der Waals surface area (Å²) in [7, 11) is 1.58. The Hall–Kier alpha value is -1.77. The zero-order chi connectivity index (χ0) is 15.1. The van der Waals surface area contributed by atoms with Gasteiger partial charge in [-0.15, -0.1) is 0 Å². The van der Waals surface area contributed by atoms with Gasteiger partial charge in [0.25, 0.3) is 0 Å². The second-order valence-corrected chi connectivity index (χ2v) is 7.03. The Balaban J connectivity index is 1.96. The number of hydrogen-bond acceptors (Lipinski definition) is 3. The summed E-state index contributed by atoms with van der Waals surface area (Å²) in [5, 5.41) is 12.6. The molecule has 110 valence electrons. The summed E-state index contributed by atoms with van der Waals surface area (Å²) in [4.78, 5) is 12.1. The third-order valence-electron chi connectivity index (χ3n) is 3.01. The standard InChI is InChI=1S/C16H18AsNO3/c1-21-15-9-5-4-8-14(15)18-16(20)10-17-13-7-3-2-6-12(13)11-19/h2-9,17,19H,10-11H2,1H3,(H,18,20). The summed E-state index contributed by atoms with van der Waals surface area (Å²) in [6.07, 6.45) is 0. The zero-order valence-corrected chi connectivity index (χ0v) is 13.9. The number of rotatable bonds is 6. The predicted octanol–water partition coefficient (Wildman–Crippen LogP) is 1.31. The number of carbonyl (C=O) groups excluding carboxylic acids is 1. The Kier molecular flexibility index (Phi) is 5.85. The molecule has 0 aliphatic heterocycles. The number of amides is 1. The molecule has 5 heteroatoms. The van der Waals surface area contributed by atoms with Crippen LogP contribution < -0.4 is 14.4 Å². The average molecular weight is 347 g/mol. The van der Waals surface area contributed by atoms with E-state index >= 15 is 0 Å². The van der Waals surface area contributed by atoms with Crippen LogP contribution in [0.15, 0.2) is 48.5 Å². The van der Waals surface area contributed by atoms with Crippen molar-refractivity contribution in [2.75, 3.05) is 12.4 Å². The van der Waals surface area contributed by atoms with E-state index in [2.05, 4.69) is 5.32 Å². The molecule has 0 fully saturated rings. The fraction of sp³-hybridized carbons (Fsp3) is 0.188. The summed E-state index contributed by atoms with van der Waals surface area (Å²) in [5.74, 6) is 0.633. The van der Waals surface area contributed by atoms with Gasteiger partial charge in [-0.1, -0.05) is 0 Å². The number of carbonyl (C=O) groups is 1. The Morgan fingerprint density at radius 2 is 1.90 bits per heavy atom. The molecular weight excluding hydrogens is 329 g/mol. The van der Waals surface area contributed by atoms with Crippen molar-refractivity contribution in [2.24, 2.45) is 0 Å². The number of nitrogens with one attached hydrogen (secondary N) is 1. The minimum absolute atomic E-state index is 0.0211. The van der Waals surface area contributed by atoms with Crippen LogP contribution in [0.1, 0.15) is 5.56 Å². The number of ether oxygens (including phenoxy) is 1. The van der Waals surface area contributed by atoms with Gasteiger partial charge in [-0.2, -0.15) is 0 Å². The predicted molar refractivity (Wildman–Crippen MR) is 85.6 cm³/mol. The van der Waals surface area contributed by atoms with E-state index in [1.54, 1.807) is 7.11 Å². The van der Waals surface area contributed by atoms with Crippen LogP contribution in [0.25, 0.3) is 0 Å². The van der Waals surface area contributed by atoms with Gasteiger partial charge in [0.1, 0.15) is 0 Å². The van der Waals surface area contributed by atoms with Crippen molar-refractivity contribution in [3.63, 3.8) is 0 Å². The molecule has 2 aromatic rings. The van der Waals surface area contributed by atoms with Gasteiger partial charge in [-0.25, -0.2) is 0 Å². The Bertz CT molecular complexity index is 616. The normalized spacial score (nSPS) is 10.8. The molecule has 0 saturated heterocycles. The number of aliphatic hydroxyl groups excluding tert-OH is 1. The van der Waals surface area contributed by atoms with E-state index < -0.39 is 15.8 Å². The second kappa shape index (κ2) is 7.86. The maximum absolute atomic E-state index is 12.1. The van der Waals surface area contributed by atoms with Crippen LogP contribution in [0.3, 0.4) is 0 Å². The average Bonchev–Trinajstić information content (AvgIpc) is 2.53. The molecule has 1 atom stereocenters. The van der Waals surface area contributed by atoms with Crippen molar-refractivity contribution in [1.82, 2.24) is 0 Å². The Morgan fingerprint density at radius 1 is 1.19 bits per heavy atom. The van der Waals surface area contributed by atoms with Crippen LogP contribution in [0, 0.1) is 0 Å². The SMILES string of the molecule is COc1ccccc1NC(=O)C[AsH]c1ccccc1CO. The quantitative estimate of drug-likeness (QED) is 0.775. The van der Waals surface area contributed by atoms with E-state index in [1.165, 1.54) is 0 Å². The zero-order valence-electron chi connectivity index (χ0n) is 11.8. The molecule has 0 bridgehead atoms. The monoisotopic (exact) mass is 347 g/mol. The molecule has 1 amide bonds. The van der Waals surface area contributed by atoms with Crippen molar-refractivity contribution >= 4 is 31.7 Å². The summed E-state index contributed by atoms with van der Waals surface area (Å²) in [6.45, 7) is 0.0216. The number of para-hydroxylation sites is 2. The van der Waals surface area contributed by atoms with Crippen LogP contribution in [0.4, 0.5) is 5.69 Å². The second-order valence-electron chi connectivity index (χ2n) is 4.42. The first-order chi connectivity index (χ1) is 10.2. The van der Waals surface area contributed by atoms with Gasteiger partial charge in [0.05, 0.1) is 0 Å². The van der Waals surface area contributed by atoms with Crippen molar-refractivity contribution in [3.05, 3.63) is 54.1 Å². The first-order valence-corrected chi connectivity index (χ1v) is 9.13. The molecule has 4 nitrogen and oxygen atoms in total. The van der Waals surface area contributed by atoms with E-state index in [1.807, 2.05) is 48.5 Å². The minimum atomic E-state index is -0.612. The van der Waals surface area contributed by atoms with E-state index in [0.717, 1.165) is 9.91 Å². The molecule has 1 unspecified atom stereocenters. The van der Waals surface area contributed by atoms with Crippen molar-refractivity contribution in [1.29, 1.82) is 0 Å². The Morgan fingerprint density at radius 3 is 2.67 bits per heavy atom. The Labute approximate surface area is 130 Å².